The van der Waals surface area contributed by atoms with E-state index in [1.54, 1.807) is 12.0 Å². The maximum atomic E-state index is 13.0. The van der Waals surface area contributed by atoms with Gasteiger partial charge < -0.3 is 19.1 Å². The Bertz CT molecular complexity index is 618. The third-order valence-corrected chi connectivity index (χ3v) is 5.60. The monoisotopic (exact) mass is 361 g/mol. The number of methoxy groups -OCH3 is 1. The summed E-state index contributed by atoms with van der Waals surface area (Å²) in [7, 11) is 3.63. The van der Waals surface area contributed by atoms with E-state index in [2.05, 4.69) is 10.6 Å². The Morgan fingerprint density at radius 3 is 2.54 bits per heavy atom. The summed E-state index contributed by atoms with van der Waals surface area (Å²) in [6, 6.07) is 4.37. The lowest BCUT2D eigenvalue weighted by molar-refractivity contribution is -0.144. The first-order chi connectivity index (χ1) is 12.6. The van der Waals surface area contributed by atoms with E-state index in [0.717, 1.165) is 44.2 Å². The molecule has 3 rings (SSSR count). The highest BCUT2D eigenvalue weighted by Gasteiger charge is 2.35. The summed E-state index contributed by atoms with van der Waals surface area (Å²) in [5, 5.41) is 0. The third kappa shape index (κ3) is 4.67. The van der Waals surface area contributed by atoms with Crippen LogP contribution in [0.3, 0.4) is 0 Å². The van der Waals surface area contributed by atoms with Crippen LogP contribution in [0.4, 0.5) is 0 Å². The van der Waals surface area contributed by atoms with Crippen molar-refractivity contribution in [1.82, 2.24) is 14.4 Å². The predicted octanol–water partition coefficient (Wildman–Crippen LogP) is 2.18. The number of nitrogens with zero attached hydrogens (tertiary/aromatic N) is 3. The highest BCUT2D eigenvalue weighted by molar-refractivity contribution is 5.86. The lowest BCUT2D eigenvalue weighted by atomic mass is 10.1. The lowest BCUT2D eigenvalue weighted by Crippen LogP contribution is -2.46. The number of hydrogen-bond donors (Lipinski definition) is 0. The Kier molecular flexibility index (Phi) is 6.35. The average molecular weight is 361 g/mol. The fourth-order valence-corrected chi connectivity index (χ4v) is 3.80. The van der Waals surface area contributed by atoms with Gasteiger partial charge in [0.25, 0.3) is 0 Å². The van der Waals surface area contributed by atoms with E-state index in [4.69, 9.17) is 4.74 Å². The summed E-state index contributed by atoms with van der Waals surface area (Å²) < 4.78 is 7.22. The van der Waals surface area contributed by atoms with E-state index in [-0.39, 0.29) is 24.3 Å². The van der Waals surface area contributed by atoms with Gasteiger partial charge in [-0.25, -0.2) is 0 Å². The summed E-state index contributed by atoms with van der Waals surface area (Å²) in [5.74, 6) is 0.264. The molecule has 2 amide bonds. The maximum Gasteiger partial charge on any atom is 0.242 e. The van der Waals surface area contributed by atoms with E-state index < -0.39 is 0 Å². The number of aromatic nitrogens is 1. The van der Waals surface area contributed by atoms with Crippen LogP contribution in [0.15, 0.2) is 18.3 Å². The molecule has 26 heavy (non-hydrogen) atoms. The topological polar surface area (TPSA) is 54.8 Å². The molecule has 144 valence electrons. The first kappa shape index (κ1) is 19.0. The van der Waals surface area contributed by atoms with E-state index in [1.165, 1.54) is 0 Å². The van der Waals surface area contributed by atoms with E-state index in [0.29, 0.717) is 25.7 Å². The zero-order valence-corrected chi connectivity index (χ0v) is 16.0. The van der Waals surface area contributed by atoms with Crippen molar-refractivity contribution < 1.29 is 14.3 Å². The maximum absolute atomic E-state index is 13.0. The Morgan fingerprint density at radius 2 is 1.96 bits per heavy atom. The molecule has 0 unspecified atom stereocenters. The molecule has 0 spiro atoms. The van der Waals surface area contributed by atoms with Gasteiger partial charge in [-0.05, 0) is 37.8 Å². The molecule has 0 aromatic carbocycles. The van der Waals surface area contributed by atoms with Gasteiger partial charge >= 0.3 is 0 Å². The number of amides is 2. The summed E-state index contributed by atoms with van der Waals surface area (Å²) >= 11 is 0. The first-order valence-electron chi connectivity index (χ1n) is 9.77. The summed E-state index contributed by atoms with van der Waals surface area (Å²) in [4.78, 5) is 29.6. The summed E-state index contributed by atoms with van der Waals surface area (Å²) in [6.07, 6.45) is 8.25. The van der Waals surface area contributed by atoms with Crippen LogP contribution in [0.5, 0.6) is 0 Å². The van der Waals surface area contributed by atoms with Crippen LogP contribution in [0.1, 0.15) is 44.2 Å². The fourth-order valence-electron chi connectivity index (χ4n) is 3.80. The Morgan fingerprint density at radius 1 is 1.23 bits per heavy atom. The van der Waals surface area contributed by atoms with Crippen LogP contribution in [0.25, 0.3) is 0 Å². The normalized spacial score (nSPS) is 17.5. The number of carbonyl (C=O) groups excluding carboxylic acids is 2. The SMILES string of the molecule is COCCN(CC(=O)N(Cc1cccn1C)C1CC1)C(=O)C1CCCC1. The molecule has 2 aliphatic rings. The highest BCUT2D eigenvalue weighted by Crippen LogP contribution is 2.29. The van der Waals surface area contributed by atoms with Crippen LogP contribution in [0.2, 0.25) is 0 Å². The van der Waals surface area contributed by atoms with Gasteiger partial charge in [0.2, 0.25) is 11.8 Å². The van der Waals surface area contributed by atoms with E-state index in [9.17, 15) is 9.59 Å². The Labute approximate surface area is 156 Å². The summed E-state index contributed by atoms with van der Waals surface area (Å²) in [5.41, 5.74) is 1.12. The molecule has 0 N–H and O–H groups in total. The van der Waals surface area contributed by atoms with E-state index >= 15 is 0 Å². The molecule has 1 heterocycles. The van der Waals surface area contributed by atoms with Crippen LogP contribution in [-0.2, 0) is 27.9 Å². The Balaban J connectivity index is 1.65. The molecule has 0 radical (unpaired) electrons. The molecular weight excluding hydrogens is 330 g/mol. The molecule has 6 nitrogen and oxygen atoms in total. The molecule has 6 heteroatoms. The Hall–Kier alpha value is -1.82. The molecular formula is C20H31N3O3. The van der Waals surface area contributed by atoms with Crippen LogP contribution in [0, 0.1) is 5.92 Å². The molecule has 2 fully saturated rings. The van der Waals surface area contributed by atoms with Crippen molar-refractivity contribution >= 4 is 11.8 Å². The third-order valence-electron chi connectivity index (χ3n) is 5.60. The van der Waals surface area contributed by atoms with Crippen molar-refractivity contribution in [1.29, 1.82) is 0 Å². The number of hydrogen-bond acceptors (Lipinski definition) is 3. The largest absolute Gasteiger partial charge is 0.383 e. The molecule has 1 aromatic rings. The van der Waals surface area contributed by atoms with E-state index in [1.807, 2.05) is 24.2 Å². The predicted molar refractivity (Wildman–Crippen MR) is 99.4 cm³/mol. The van der Waals surface area contributed by atoms with Gasteiger partial charge in [-0.15, -0.1) is 0 Å². The van der Waals surface area contributed by atoms with Crippen LogP contribution >= 0.6 is 0 Å². The quantitative estimate of drug-likeness (QED) is 0.677. The second-order valence-electron chi connectivity index (χ2n) is 7.60. The fraction of sp³-hybridized carbons (Fsp3) is 0.700. The number of rotatable bonds is 9. The number of ether oxygens (including phenoxy) is 1. The average Bonchev–Trinajstić information content (AvgIpc) is 3.16. The minimum atomic E-state index is 0.0520. The minimum absolute atomic E-state index is 0.0520. The number of aryl methyl sites for hydroxylation is 1. The standard InChI is InChI=1S/C20H31N3O3/c1-21-11-5-8-18(21)14-23(17-9-10-17)19(24)15-22(12-13-26-2)20(25)16-6-3-4-7-16/h5,8,11,16-17H,3-4,6-7,9-10,12-15H2,1-2H3. The van der Waals surface area contributed by atoms with Crippen molar-refractivity contribution in [2.75, 3.05) is 26.8 Å². The van der Waals surface area contributed by atoms with Crippen LogP contribution < -0.4 is 0 Å². The molecule has 0 aliphatic heterocycles. The van der Waals surface area contributed by atoms with Crippen molar-refractivity contribution in [3.63, 3.8) is 0 Å². The minimum Gasteiger partial charge on any atom is -0.383 e. The van der Waals surface area contributed by atoms with Gasteiger partial charge in [0, 0.05) is 44.6 Å². The first-order valence-corrected chi connectivity index (χ1v) is 9.77. The number of carbonyl (C=O) groups is 2. The molecule has 0 bridgehead atoms. The molecule has 2 aliphatic carbocycles. The summed E-state index contributed by atoms with van der Waals surface area (Å²) in [6.45, 7) is 1.73. The van der Waals surface area contributed by atoms with Gasteiger partial charge in [-0.2, -0.15) is 0 Å². The van der Waals surface area contributed by atoms with Gasteiger partial charge in [0.1, 0.15) is 0 Å². The zero-order chi connectivity index (χ0) is 18.5. The van der Waals surface area contributed by atoms with Crippen molar-refractivity contribution in [3.8, 4) is 0 Å². The van der Waals surface area contributed by atoms with Crippen molar-refractivity contribution in [3.05, 3.63) is 24.0 Å². The van der Waals surface area contributed by atoms with Gasteiger partial charge in [-0.1, -0.05) is 12.8 Å². The van der Waals surface area contributed by atoms with Gasteiger partial charge in [0.05, 0.1) is 19.7 Å². The smallest absolute Gasteiger partial charge is 0.242 e. The molecule has 2 saturated carbocycles. The van der Waals surface area contributed by atoms with Crippen molar-refractivity contribution in [2.24, 2.45) is 13.0 Å². The molecule has 0 atom stereocenters. The van der Waals surface area contributed by atoms with Crippen molar-refractivity contribution in [2.45, 2.75) is 51.1 Å². The second kappa shape index (κ2) is 8.71. The zero-order valence-electron chi connectivity index (χ0n) is 16.0. The van der Waals surface area contributed by atoms with Gasteiger partial charge in [-0.3, -0.25) is 9.59 Å². The lowest BCUT2D eigenvalue weighted by Gasteiger charge is -2.29. The highest BCUT2D eigenvalue weighted by atomic mass is 16.5. The van der Waals surface area contributed by atoms with Crippen LogP contribution in [-0.4, -0.2) is 59.0 Å². The second-order valence-corrected chi connectivity index (χ2v) is 7.60. The molecule has 1 aromatic heterocycles. The molecule has 0 saturated heterocycles. The van der Waals surface area contributed by atoms with Gasteiger partial charge in [0.15, 0.2) is 0 Å².